The number of carbonyl (C=O) groups is 1. The van der Waals surface area contributed by atoms with Crippen molar-refractivity contribution < 1.29 is 33.0 Å². The first kappa shape index (κ1) is 19.3. The number of amides is 1. The number of carbonyl (C=O) groups excluding carboxylic acids is 1. The highest BCUT2D eigenvalue weighted by Gasteiger charge is 2.66. The molecule has 0 spiro atoms. The highest BCUT2D eigenvalue weighted by atomic mass is 31.2. The molecule has 0 radical (unpaired) electrons. The lowest BCUT2D eigenvalue weighted by Gasteiger charge is -2.23. The summed E-state index contributed by atoms with van der Waals surface area (Å²) in [5, 5.41) is 10.0. The molecule has 0 bridgehead atoms. The molecular weight excluding hydrogens is 361 g/mol. The number of fused-ring (bicyclic) bond motifs is 1. The Kier molecular flexibility index (Phi) is 5.99. The maximum Gasteiger partial charge on any atom is 0.411 e. The third kappa shape index (κ3) is 4.10. The minimum Gasteiger partial charge on any atom is -0.445 e. The van der Waals surface area contributed by atoms with E-state index >= 15 is 0 Å². The van der Waals surface area contributed by atoms with Crippen molar-refractivity contribution in [3.63, 3.8) is 0 Å². The van der Waals surface area contributed by atoms with E-state index in [2.05, 4.69) is 0 Å². The van der Waals surface area contributed by atoms with Gasteiger partial charge in [-0.3, -0.25) is 9.46 Å². The summed E-state index contributed by atoms with van der Waals surface area (Å²) >= 11 is 0. The minimum atomic E-state index is -3.34. The fourth-order valence-corrected chi connectivity index (χ4v) is 5.07. The normalized spacial score (nSPS) is 27.3. The van der Waals surface area contributed by atoms with Crippen LogP contribution in [0, 0.1) is 0 Å². The first-order valence-electron chi connectivity index (χ1n) is 8.69. The van der Waals surface area contributed by atoms with Crippen molar-refractivity contribution in [2.24, 2.45) is 0 Å². The van der Waals surface area contributed by atoms with Gasteiger partial charge < -0.3 is 23.6 Å². The third-order valence-corrected chi connectivity index (χ3v) is 6.47. The molecule has 1 aromatic carbocycles. The van der Waals surface area contributed by atoms with Crippen LogP contribution in [0.4, 0.5) is 4.79 Å². The zero-order valence-electron chi connectivity index (χ0n) is 14.8. The lowest BCUT2D eigenvalue weighted by Crippen LogP contribution is -2.33. The maximum atomic E-state index is 12.7. The highest BCUT2D eigenvalue weighted by Crippen LogP contribution is 2.53. The molecule has 1 amide bonds. The number of benzene rings is 1. The average Bonchev–Trinajstić information content (AvgIpc) is 3.28. The molecule has 26 heavy (non-hydrogen) atoms. The maximum absolute atomic E-state index is 12.7. The van der Waals surface area contributed by atoms with E-state index in [1.165, 1.54) is 4.90 Å². The molecule has 8 nitrogen and oxygen atoms in total. The summed E-state index contributed by atoms with van der Waals surface area (Å²) in [5.74, 6) is 0. The molecule has 2 aliphatic rings. The van der Waals surface area contributed by atoms with Crippen LogP contribution in [0.25, 0.3) is 0 Å². The monoisotopic (exact) mass is 385 g/mol. The van der Waals surface area contributed by atoms with Crippen LogP contribution in [0.3, 0.4) is 0 Å². The van der Waals surface area contributed by atoms with Gasteiger partial charge in [0, 0.05) is 0 Å². The molecule has 2 heterocycles. The zero-order valence-corrected chi connectivity index (χ0v) is 15.7. The second kappa shape index (κ2) is 8.06. The highest BCUT2D eigenvalue weighted by molar-refractivity contribution is 7.53. The van der Waals surface area contributed by atoms with Gasteiger partial charge in [0.05, 0.1) is 31.5 Å². The van der Waals surface area contributed by atoms with Gasteiger partial charge in [-0.05, 0) is 19.4 Å². The average molecular weight is 385 g/mol. The lowest BCUT2D eigenvalue weighted by atomic mass is 10.2. The largest absolute Gasteiger partial charge is 0.445 e. The van der Waals surface area contributed by atoms with Gasteiger partial charge in [0.15, 0.2) is 6.29 Å². The van der Waals surface area contributed by atoms with Crippen LogP contribution in [0.5, 0.6) is 0 Å². The fraction of sp³-hybridized carbons (Fsp3) is 0.588. The summed E-state index contributed by atoms with van der Waals surface area (Å²) in [6.45, 7) is 4.08. The number of aliphatic hydroxyl groups excluding tert-OH is 1. The number of rotatable bonds is 8. The summed E-state index contributed by atoms with van der Waals surface area (Å²) in [7, 11) is -3.34. The number of aliphatic hydroxyl groups is 1. The van der Waals surface area contributed by atoms with Crippen LogP contribution in [-0.4, -0.2) is 60.0 Å². The summed E-state index contributed by atoms with van der Waals surface area (Å²) in [4.78, 5) is 13.7. The van der Waals surface area contributed by atoms with Crippen molar-refractivity contribution in [3.05, 3.63) is 35.9 Å². The van der Waals surface area contributed by atoms with E-state index in [1.807, 2.05) is 30.3 Å². The van der Waals surface area contributed by atoms with Crippen molar-refractivity contribution in [1.29, 1.82) is 0 Å². The van der Waals surface area contributed by atoms with Gasteiger partial charge in [-0.25, -0.2) is 4.79 Å². The summed E-state index contributed by atoms with van der Waals surface area (Å²) in [6.07, 6.45) is -2.30. The molecule has 4 atom stereocenters. The Morgan fingerprint density at radius 1 is 1.19 bits per heavy atom. The minimum absolute atomic E-state index is 0.0185. The Morgan fingerprint density at radius 2 is 1.85 bits per heavy atom. The Morgan fingerprint density at radius 3 is 2.46 bits per heavy atom. The number of ether oxygens (including phenoxy) is 2. The Bertz CT molecular complexity index is 660. The Labute approximate surface area is 152 Å². The quantitative estimate of drug-likeness (QED) is 0.542. The molecule has 2 fully saturated rings. The zero-order chi connectivity index (χ0) is 18.7. The van der Waals surface area contributed by atoms with E-state index in [0.29, 0.717) is 0 Å². The third-order valence-electron chi connectivity index (χ3n) is 4.36. The van der Waals surface area contributed by atoms with Crippen molar-refractivity contribution in [3.8, 4) is 0 Å². The van der Waals surface area contributed by atoms with Crippen LogP contribution in [0.2, 0.25) is 0 Å². The van der Waals surface area contributed by atoms with Gasteiger partial charge in [0.1, 0.15) is 12.6 Å². The van der Waals surface area contributed by atoms with E-state index in [4.69, 9.17) is 18.5 Å². The Hall–Kier alpha value is -1.44. The van der Waals surface area contributed by atoms with Crippen LogP contribution in [0.1, 0.15) is 19.4 Å². The molecule has 3 rings (SSSR count). The smallest absolute Gasteiger partial charge is 0.411 e. The molecule has 0 aromatic heterocycles. The van der Waals surface area contributed by atoms with Gasteiger partial charge >= 0.3 is 13.7 Å². The predicted molar refractivity (Wildman–Crippen MR) is 92.6 cm³/mol. The molecule has 0 saturated carbocycles. The number of hydrogen-bond donors (Lipinski definition) is 1. The van der Waals surface area contributed by atoms with Crippen molar-refractivity contribution in [2.45, 2.75) is 44.9 Å². The fourth-order valence-electron chi connectivity index (χ4n) is 3.26. The summed E-state index contributed by atoms with van der Waals surface area (Å²) < 4.78 is 34.0. The number of morpholine rings is 1. The van der Waals surface area contributed by atoms with E-state index < -0.39 is 32.1 Å². The molecule has 0 aliphatic carbocycles. The summed E-state index contributed by atoms with van der Waals surface area (Å²) in [6, 6.07) is 8.45. The molecular formula is C17H24NO7P. The standard InChI is InChI=1S/C17H24NO7P/c1-3-23-26(21,24-4-2)11-13-14-15(16(19)25-13)18(14)17(20)22-10-12-8-6-5-7-9-12/h5-9,13-16,19H,3-4,10-11H2,1-2H3/t13-,14+,15+,16-,18?/m1/s1. The van der Waals surface area contributed by atoms with E-state index in [1.54, 1.807) is 13.8 Å². The van der Waals surface area contributed by atoms with E-state index in [9.17, 15) is 14.5 Å². The topological polar surface area (TPSA) is 94.3 Å². The van der Waals surface area contributed by atoms with Crippen LogP contribution < -0.4 is 0 Å². The van der Waals surface area contributed by atoms with Crippen molar-refractivity contribution in [2.75, 3.05) is 19.4 Å². The van der Waals surface area contributed by atoms with Crippen molar-refractivity contribution in [1.82, 2.24) is 4.90 Å². The number of nitrogens with zero attached hydrogens (tertiary/aromatic N) is 1. The van der Waals surface area contributed by atoms with Gasteiger partial charge in [0.2, 0.25) is 0 Å². The molecule has 1 aromatic rings. The van der Waals surface area contributed by atoms with Crippen LogP contribution >= 0.6 is 7.60 Å². The molecule has 0 unspecified atom stereocenters. The SMILES string of the molecule is CCOP(=O)(C[C@H]1O[C@@H](O)[C@@H]2[C@H]1N2C(=O)OCc1ccccc1)OCC. The van der Waals surface area contributed by atoms with Gasteiger partial charge in [-0.2, -0.15) is 0 Å². The second-order valence-electron chi connectivity index (χ2n) is 6.12. The molecule has 2 aliphatic heterocycles. The van der Waals surface area contributed by atoms with Gasteiger partial charge in [-0.15, -0.1) is 0 Å². The molecule has 144 valence electrons. The second-order valence-corrected chi connectivity index (χ2v) is 8.23. The lowest BCUT2D eigenvalue weighted by molar-refractivity contribution is -0.115. The van der Waals surface area contributed by atoms with E-state index in [0.717, 1.165) is 5.56 Å². The Balaban J connectivity index is 1.59. The van der Waals surface area contributed by atoms with E-state index in [-0.39, 0.29) is 32.0 Å². The molecule has 1 N–H and O–H groups in total. The van der Waals surface area contributed by atoms with Gasteiger partial charge in [-0.1, -0.05) is 30.3 Å². The van der Waals surface area contributed by atoms with Gasteiger partial charge in [0.25, 0.3) is 0 Å². The first-order chi connectivity index (χ1) is 12.5. The van der Waals surface area contributed by atoms with Crippen molar-refractivity contribution >= 4 is 13.7 Å². The predicted octanol–water partition coefficient (Wildman–Crippen LogP) is 2.36. The molecule has 2 saturated heterocycles. The van der Waals surface area contributed by atoms with Crippen LogP contribution in [-0.2, 0) is 29.7 Å². The number of hydrogen-bond acceptors (Lipinski definition) is 7. The van der Waals surface area contributed by atoms with Crippen LogP contribution in [0.15, 0.2) is 30.3 Å². The summed E-state index contributed by atoms with van der Waals surface area (Å²) in [5.41, 5.74) is 0.874. The first-order valence-corrected chi connectivity index (χ1v) is 10.4. The molecule has 9 heteroatoms.